The Labute approximate surface area is 125 Å². The van der Waals surface area contributed by atoms with Gasteiger partial charge in [-0.2, -0.15) is 0 Å². The smallest absolute Gasteiger partial charge is 0.0378 e. The minimum absolute atomic E-state index is 0.690. The van der Waals surface area contributed by atoms with Gasteiger partial charge in [-0.05, 0) is 59.4 Å². The molecule has 0 atom stereocenters. The van der Waals surface area contributed by atoms with Gasteiger partial charge in [-0.25, -0.2) is 0 Å². The topological polar surface area (TPSA) is 12.0 Å². The Kier molecular flexibility index (Phi) is 2.92. The maximum Gasteiger partial charge on any atom is 0.0378 e. The summed E-state index contributed by atoms with van der Waals surface area (Å²) in [4.78, 5) is 0. The average Bonchev–Trinajstić information content (AvgIpc) is 3.33. The molecule has 0 aliphatic heterocycles. The van der Waals surface area contributed by atoms with Gasteiger partial charge in [0.2, 0.25) is 0 Å². The first-order valence-corrected chi connectivity index (χ1v) is 7.66. The van der Waals surface area contributed by atoms with Crippen LogP contribution in [0.4, 0.5) is 5.69 Å². The van der Waals surface area contributed by atoms with Crippen molar-refractivity contribution in [1.82, 2.24) is 0 Å². The Morgan fingerprint density at radius 3 is 2.48 bits per heavy atom. The lowest BCUT2D eigenvalue weighted by Crippen LogP contribution is -2.03. The molecular weight excluding hydrogens is 254 g/mol. The van der Waals surface area contributed by atoms with Crippen molar-refractivity contribution in [2.75, 3.05) is 5.32 Å². The number of hydrogen-bond acceptors (Lipinski definition) is 1. The molecule has 0 unspecified atom stereocenters. The van der Waals surface area contributed by atoms with E-state index < -0.39 is 0 Å². The molecule has 1 fully saturated rings. The molecule has 1 aliphatic carbocycles. The Balaban J connectivity index is 1.79. The number of nitrogens with one attached hydrogen (secondary N) is 1. The molecule has 4 rings (SSSR count). The van der Waals surface area contributed by atoms with E-state index in [9.17, 15) is 0 Å². The lowest BCUT2D eigenvalue weighted by atomic mass is 9.97. The number of fused-ring (bicyclic) bond motifs is 1. The van der Waals surface area contributed by atoms with Crippen molar-refractivity contribution in [3.8, 4) is 11.1 Å². The van der Waals surface area contributed by atoms with Crippen LogP contribution in [0.15, 0.2) is 60.7 Å². The SMILES string of the molecule is Cc1c(NC2CC2)cccc1-c1ccc2ccccc2c1. The number of hydrogen-bond donors (Lipinski definition) is 1. The molecule has 0 aromatic heterocycles. The quantitative estimate of drug-likeness (QED) is 0.674. The van der Waals surface area contributed by atoms with Crippen molar-refractivity contribution in [3.05, 3.63) is 66.2 Å². The van der Waals surface area contributed by atoms with Gasteiger partial charge in [0.05, 0.1) is 0 Å². The van der Waals surface area contributed by atoms with Crippen molar-refractivity contribution in [1.29, 1.82) is 0 Å². The minimum Gasteiger partial charge on any atom is -0.382 e. The highest BCUT2D eigenvalue weighted by molar-refractivity contribution is 5.88. The molecule has 1 nitrogen and oxygen atoms in total. The zero-order chi connectivity index (χ0) is 14.2. The van der Waals surface area contributed by atoms with Crippen LogP contribution in [0.25, 0.3) is 21.9 Å². The van der Waals surface area contributed by atoms with E-state index in [0.717, 1.165) is 0 Å². The molecule has 104 valence electrons. The first-order chi connectivity index (χ1) is 10.3. The van der Waals surface area contributed by atoms with Crippen molar-refractivity contribution in [3.63, 3.8) is 0 Å². The van der Waals surface area contributed by atoms with E-state index in [1.54, 1.807) is 0 Å². The molecule has 0 heterocycles. The Morgan fingerprint density at radius 1 is 0.857 bits per heavy atom. The average molecular weight is 273 g/mol. The van der Waals surface area contributed by atoms with Gasteiger partial charge in [0.25, 0.3) is 0 Å². The first kappa shape index (κ1) is 12.5. The van der Waals surface area contributed by atoms with E-state index in [4.69, 9.17) is 0 Å². The normalized spacial score (nSPS) is 14.3. The monoisotopic (exact) mass is 273 g/mol. The van der Waals surface area contributed by atoms with E-state index in [1.165, 1.54) is 46.0 Å². The molecule has 3 aromatic rings. The summed E-state index contributed by atoms with van der Waals surface area (Å²) < 4.78 is 0. The van der Waals surface area contributed by atoms with Crippen LogP contribution in [0, 0.1) is 6.92 Å². The summed E-state index contributed by atoms with van der Waals surface area (Å²) in [6, 6.07) is 22.5. The fraction of sp³-hybridized carbons (Fsp3) is 0.200. The molecule has 0 amide bonds. The predicted molar refractivity (Wildman–Crippen MR) is 90.8 cm³/mol. The summed E-state index contributed by atoms with van der Waals surface area (Å²) in [5.74, 6) is 0. The fourth-order valence-electron chi connectivity index (χ4n) is 2.91. The summed E-state index contributed by atoms with van der Waals surface area (Å²) in [5, 5.41) is 6.23. The Bertz CT molecular complexity index is 800. The molecular formula is C20H19N. The first-order valence-electron chi connectivity index (χ1n) is 7.66. The van der Waals surface area contributed by atoms with E-state index in [0.29, 0.717) is 6.04 Å². The highest BCUT2D eigenvalue weighted by Gasteiger charge is 2.21. The highest BCUT2D eigenvalue weighted by atomic mass is 15.0. The van der Waals surface area contributed by atoms with E-state index in [1.807, 2.05) is 0 Å². The van der Waals surface area contributed by atoms with Gasteiger partial charge < -0.3 is 5.32 Å². The Hall–Kier alpha value is -2.28. The standard InChI is InChI=1S/C20H19N/c1-14-19(7-4-8-20(14)21-18-11-12-18)17-10-9-15-5-2-3-6-16(15)13-17/h2-10,13,18,21H,11-12H2,1H3. The van der Waals surface area contributed by atoms with Gasteiger partial charge in [0, 0.05) is 11.7 Å². The van der Waals surface area contributed by atoms with E-state index in [-0.39, 0.29) is 0 Å². The van der Waals surface area contributed by atoms with Gasteiger partial charge in [-0.15, -0.1) is 0 Å². The summed E-state index contributed by atoms with van der Waals surface area (Å²) in [6.45, 7) is 2.22. The van der Waals surface area contributed by atoms with E-state index >= 15 is 0 Å². The molecule has 0 spiro atoms. The maximum atomic E-state index is 3.63. The molecule has 0 radical (unpaired) electrons. The molecule has 21 heavy (non-hydrogen) atoms. The van der Waals surface area contributed by atoms with Gasteiger partial charge >= 0.3 is 0 Å². The number of rotatable bonds is 3. The van der Waals surface area contributed by atoms with Crippen molar-refractivity contribution in [2.24, 2.45) is 0 Å². The van der Waals surface area contributed by atoms with Crippen LogP contribution in [0.5, 0.6) is 0 Å². The molecule has 0 saturated heterocycles. The lowest BCUT2D eigenvalue weighted by Gasteiger charge is -2.13. The second kappa shape index (κ2) is 4.92. The van der Waals surface area contributed by atoms with E-state index in [2.05, 4.69) is 72.9 Å². The van der Waals surface area contributed by atoms with Gasteiger partial charge in [0.1, 0.15) is 0 Å². The third-order valence-corrected chi connectivity index (χ3v) is 4.33. The van der Waals surface area contributed by atoms with Crippen LogP contribution < -0.4 is 5.32 Å². The predicted octanol–water partition coefficient (Wildman–Crippen LogP) is 5.39. The maximum absolute atomic E-state index is 3.63. The van der Waals surface area contributed by atoms with Gasteiger partial charge in [-0.3, -0.25) is 0 Å². The molecule has 1 N–H and O–H groups in total. The number of benzene rings is 3. The van der Waals surface area contributed by atoms with Gasteiger partial charge in [-0.1, -0.05) is 48.5 Å². The molecule has 1 saturated carbocycles. The Morgan fingerprint density at radius 2 is 1.67 bits per heavy atom. The fourth-order valence-corrected chi connectivity index (χ4v) is 2.91. The lowest BCUT2D eigenvalue weighted by molar-refractivity contribution is 1.15. The third-order valence-electron chi connectivity index (χ3n) is 4.33. The molecule has 3 aromatic carbocycles. The zero-order valence-electron chi connectivity index (χ0n) is 12.3. The highest BCUT2D eigenvalue weighted by Crippen LogP contribution is 2.33. The molecule has 1 aliphatic rings. The molecule has 1 heteroatoms. The van der Waals surface area contributed by atoms with Crippen LogP contribution in [-0.2, 0) is 0 Å². The molecule has 0 bridgehead atoms. The number of anilines is 1. The van der Waals surface area contributed by atoms with Crippen LogP contribution in [-0.4, -0.2) is 6.04 Å². The second-order valence-corrected chi connectivity index (χ2v) is 5.96. The van der Waals surface area contributed by atoms with Crippen LogP contribution in [0.1, 0.15) is 18.4 Å². The minimum atomic E-state index is 0.690. The van der Waals surface area contributed by atoms with Gasteiger partial charge in [0.15, 0.2) is 0 Å². The van der Waals surface area contributed by atoms with Crippen LogP contribution >= 0.6 is 0 Å². The summed E-state index contributed by atoms with van der Waals surface area (Å²) in [6.07, 6.45) is 2.61. The van der Waals surface area contributed by atoms with Crippen molar-refractivity contribution in [2.45, 2.75) is 25.8 Å². The largest absolute Gasteiger partial charge is 0.382 e. The summed E-state index contributed by atoms with van der Waals surface area (Å²) in [7, 11) is 0. The zero-order valence-corrected chi connectivity index (χ0v) is 12.3. The summed E-state index contributed by atoms with van der Waals surface area (Å²) >= 11 is 0. The third kappa shape index (κ3) is 2.40. The van der Waals surface area contributed by atoms with Crippen LogP contribution in [0.3, 0.4) is 0 Å². The summed E-state index contributed by atoms with van der Waals surface area (Å²) in [5.41, 5.74) is 5.25. The van der Waals surface area contributed by atoms with Crippen LogP contribution in [0.2, 0.25) is 0 Å². The second-order valence-electron chi connectivity index (χ2n) is 5.96. The van der Waals surface area contributed by atoms with Crippen molar-refractivity contribution < 1.29 is 0 Å². The van der Waals surface area contributed by atoms with Crippen molar-refractivity contribution >= 4 is 16.5 Å².